The van der Waals surface area contributed by atoms with Gasteiger partial charge in [-0.25, -0.2) is 0 Å². The van der Waals surface area contributed by atoms with Crippen molar-refractivity contribution in [2.75, 3.05) is 6.54 Å². The average molecular weight is 453 g/mol. The first-order valence-electron chi connectivity index (χ1n) is 10.2. The van der Waals surface area contributed by atoms with Crippen LogP contribution in [0.15, 0.2) is 53.3 Å². The van der Waals surface area contributed by atoms with Crippen molar-refractivity contribution >= 4 is 34.7 Å². The highest BCUT2D eigenvalue weighted by molar-refractivity contribution is 7.71. The van der Waals surface area contributed by atoms with Crippen molar-refractivity contribution in [2.24, 2.45) is 0 Å². The first-order valence-corrected chi connectivity index (χ1v) is 10.9. The lowest BCUT2D eigenvalue weighted by Gasteiger charge is -2.25. The van der Waals surface area contributed by atoms with E-state index < -0.39 is 6.04 Å². The molecule has 0 fully saturated rings. The van der Waals surface area contributed by atoms with Gasteiger partial charge in [0.05, 0.1) is 6.04 Å². The third-order valence-corrected chi connectivity index (χ3v) is 6.43. The number of fused-ring (bicyclic) bond motifs is 3. The summed E-state index contributed by atoms with van der Waals surface area (Å²) in [5, 5.41) is 16.2. The fraction of sp³-hybridized carbons (Fsp3) is 0.217. The highest BCUT2D eigenvalue weighted by atomic mass is 35.5. The number of halogens is 1. The Morgan fingerprint density at radius 2 is 1.97 bits per heavy atom. The van der Waals surface area contributed by atoms with Crippen molar-refractivity contribution in [2.45, 2.75) is 25.4 Å². The third kappa shape index (κ3) is 3.59. The Balaban J connectivity index is 1.59. The molecule has 6 nitrogen and oxygen atoms in total. The Kier molecular flexibility index (Phi) is 5.17. The van der Waals surface area contributed by atoms with E-state index >= 15 is 0 Å². The number of aromatic amines is 2. The second kappa shape index (κ2) is 8.00. The molecule has 0 saturated carbocycles. The Bertz CT molecular complexity index is 1390. The maximum Gasteiger partial charge on any atom is 0.260 e. The van der Waals surface area contributed by atoms with Gasteiger partial charge in [0, 0.05) is 34.7 Å². The van der Waals surface area contributed by atoms with E-state index in [1.54, 1.807) is 4.57 Å². The molecule has 5 rings (SSSR count). The molecule has 31 heavy (non-hydrogen) atoms. The maximum atomic E-state index is 12.9. The number of aromatic hydroxyl groups is 1. The van der Waals surface area contributed by atoms with Crippen LogP contribution in [0, 0.1) is 4.77 Å². The molecule has 4 aromatic rings. The number of rotatable bonds is 4. The normalized spacial score (nSPS) is 15.8. The molecule has 8 heteroatoms. The number of aryl methyl sites for hydroxylation is 1. The topological polar surface area (TPSA) is 85.8 Å². The second-order valence-electron chi connectivity index (χ2n) is 7.73. The summed E-state index contributed by atoms with van der Waals surface area (Å²) < 4.78 is 1.80. The summed E-state index contributed by atoms with van der Waals surface area (Å²) in [5.41, 5.74) is 3.94. The number of benzene rings is 2. The Labute approximate surface area is 188 Å². The van der Waals surface area contributed by atoms with Crippen LogP contribution >= 0.6 is 23.8 Å². The second-order valence-corrected chi connectivity index (χ2v) is 8.55. The van der Waals surface area contributed by atoms with Crippen LogP contribution in [0.4, 0.5) is 0 Å². The SMILES string of the molecule is O=c1[nH]c(=S)n(CCc2ccccc2)c(O)c1[C@@H]1NCCc2c1[nH]c1ccc(Cl)cc21. The number of H-pyrrole nitrogens is 2. The fourth-order valence-corrected chi connectivity index (χ4v) is 4.82. The van der Waals surface area contributed by atoms with Crippen LogP contribution in [-0.2, 0) is 19.4 Å². The summed E-state index contributed by atoms with van der Waals surface area (Å²) >= 11 is 11.6. The van der Waals surface area contributed by atoms with Gasteiger partial charge >= 0.3 is 0 Å². The molecule has 1 atom stereocenters. The summed E-state index contributed by atoms with van der Waals surface area (Å²) in [6.45, 7) is 1.13. The van der Waals surface area contributed by atoms with Crippen molar-refractivity contribution < 1.29 is 5.11 Å². The van der Waals surface area contributed by atoms with Crippen LogP contribution in [0.25, 0.3) is 10.9 Å². The highest BCUT2D eigenvalue weighted by Gasteiger charge is 2.30. The van der Waals surface area contributed by atoms with Gasteiger partial charge in [-0.2, -0.15) is 0 Å². The maximum absolute atomic E-state index is 12.9. The Hall–Kier alpha value is -2.87. The Morgan fingerprint density at radius 3 is 2.77 bits per heavy atom. The van der Waals surface area contributed by atoms with Gasteiger partial charge in [-0.15, -0.1) is 0 Å². The zero-order valence-electron chi connectivity index (χ0n) is 16.6. The molecule has 2 aromatic heterocycles. The number of nitrogens with one attached hydrogen (secondary N) is 3. The van der Waals surface area contributed by atoms with Gasteiger partial charge in [-0.3, -0.25) is 14.3 Å². The van der Waals surface area contributed by atoms with E-state index in [-0.39, 0.29) is 21.8 Å². The smallest absolute Gasteiger partial charge is 0.260 e. The molecule has 158 valence electrons. The van der Waals surface area contributed by atoms with Crippen molar-refractivity contribution in [1.29, 1.82) is 0 Å². The molecule has 0 amide bonds. The van der Waals surface area contributed by atoms with Crippen molar-refractivity contribution in [1.82, 2.24) is 19.9 Å². The van der Waals surface area contributed by atoms with Crippen molar-refractivity contribution in [3.8, 4) is 5.88 Å². The number of aromatic nitrogens is 3. The van der Waals surface area contributed by atoms with E-state index in [2.05, 4.69) is 15.3 Å². The molecular weight excluding hydrogens is 432 g/mol. The van der Waals surface area contributed by atoms with E-state index in [4.69, 9.17) is 23.8 Å². The molecule has 0 unspecified atom stereocenters. The van der Waals surface area contributed by atoms with E-state index in [1.807, 2.05) is 48.5 Å². The van der Waals surface area contributed by atoms with Crippen LogP contribution in [-0.4, -0.2) is 26.2 Å². The first-order chi connectivity index (χ1) is 15.0. The van der Waals surface area contributed by atoms with Crippen LogP contribution < -0.4 is 10.9 Å². The lowest BCUT2D eigenvalue weighted by Crippen LogP contribution is -2.35. The van der Waals surface area contributed by atoms with Crippen LogP contribution in [0.1, 0.15) is 28.4 Å². The minimum absolute atomic E-state index is 0.105. The van der Waals surface area contributed by atoms with Crippen molar-refractivity contribution in [3.05, 3.63) is 91.1 Å². The minimum Gasteiger partial charge on any atom is -0.494 e. The first kappa shape index (κ1) is 20.1. The van der Waals surface area contributed by atoms with Crippen LogP contribution in [0.3, 0.4) is 0 Å². The summed E-state index contributed by atoms with van der Waals surface area (Å²) in [6.07, 6.45) is 1.49. The molecule has 4 N–H and O–H groups in total. The number of nitrogens with zero attached hydrogens (tertiary/aromatic N) is 1. The fourth-order valence-electron chi connectivity index (χ4n) is 4.37. The van der Waals surface area contributed by atoms with E-state index in [9.17, 15) is 9.90 Å². The van der Waals surface area contributed by atoms with Gasteiger partial charge in [0.1, 0.15) is 5.56 Å². The molecule has 1 aliphatic heterocycles. The largest absolute Gasteiger partial charge is 0.494 e. The van der Waals surface area contributed by atoms with Crippen molar-refractivity contribution in [3.63, 3.8) is 0 Å². The molecule has 0 saturated heterocycles. The van der Waals surface area contributed by atoms with E-state index in [1.165, 1.54) is 0 Å². The molecule has 0 aliphatic carbocycles. The molecule has 0 radical (unpaired) electrons. The summed E-state index contributed by atoms with van der Waals surface area (Å²) in [7, 11) is 0. The molecular formula is C23H21ClN4O2S. The lowest BCUT2D eigenvalue weighted by molar-refractivity contribution is 0.386. The minimum atomic E-state index is -0.475. The zero-order chi connectivity index (χ0) is 21.5. The highest BCUT2D eigenvalue weighted by Crippen LogP contribution is 2.36. The standard InChI is InChI=1S/C23H21ClN4O2S/c24-14-6-7-17-16(12-14)15-8-10-25-20(19(15)26-17)18-21(29)27-23(31)28(22(18)30)11-9-13-4-2-1-3-5-13/h1-7,12,20,25-26,30H,8-11H2,(H,27,29,31)/t20-/m0/s1. The van der Waals surface area contributed by atoms with Gasteiger partial charge in [0.2, 0.25) is 5.88 Å². The monoisotopic (exact) mass is 452 g/mol. The molecule has 3 heterocycles. The molecule has 1 aliphatic rings. The molecule has 0 spiro atoms. The van der Waals surface area contributed by atoms with E-state index in [0.717, 1.165) is 34.1 Å². The number of hydrogen-bond donors (Lipinski definition) is 4. The van der Waals surface area contributed by atoms with Gasteiger partial charge in [-0.05, 0) is 54.4 Å². The van der Waals surface area contributed by atoms with Crippen LogP contribution in [0.5, 0.6) is 5.88 Å². The zero-order valence-corrected chi connectivity index (χ0v) is 18.2. The summed E-state index contributed by atoms with van der Waals surface area (Å²) in [6, 6.07) is 15.2. The summed E-state index contributed by atoms with van der Waals surface area (Å²) in [5.74, 6) is -0.105. The van der Waals surface area contributed by atoms with Crippen LogP contribution in [0.2, 0.25) is 5.02 Å². The van der Waals surface area contributed by atoms with E-state index in [0.29, 0.717) is 24.5 Å². The van der Waals surface area contributed by atoms with Gasteiger partial charge in [0.15, 0.2) is 4.77 Å². The van der Waals surface area contributed by atoms with Gasteiger partial charge in [0.25, 0.3) is 5.56 Å². The molecule has 2 aromatic carbocycles. The number of hydrogen-bond acceptors (Lipinski definition) is 4. The third-order valence-electron chi connectivity index (χ3n) is 5.88. The quantitative estimate of drug-likeness (QED) is 0.349. The molecule has 0 bridgehead atoms. The average Bonchev–Trinajstić information content (AvgIpc) is 3.13. The summed E-state index contributed by atoms with van der Waals surface area (Å²) in [4.78, 5) is 19.1. The van der Waals surface area contributed by atoms with Gasteiger partial charge in [-0.1, -0.05) is 41.9 Å². The predicted octanol–water partition coefficient (Wildman–Crippen LogP) is 4.22. The predicted molar refractivity (Wildman–Crippen MR) is 125 cm³/mol. The Morgan fingerprint density at radius 1 is 1.16 bits per heavy atom. The van der Waals surface area contributed by atoms with Gasteiger partial charge < -0.3 is 15.4 Å². The lowest BCUT2D eigenvalue weighted by atomic mass is 9.95.